The van der Waals surface area contributed by atoms with E-state index in [9.17, 15) is 13.2 Å². The maximum atomic E-state index is 13.1. The minimum Gasteiger partial charge on any atom is -0.399 e. The predicted molar refractivity (Wildman–Crippen MR) is 226 cm³/mol. The van der Waals surface area contributed by atoms with Crippen LogP contribution in [0.5, 0.6) is 0 Å². The summed E-state index contributed by atoms with van der Waals surface area (Å²) in [5.74, 6) is 0. The standard InChI is InChI=1S/C16H11F3N2S2.C12H12ClN3S.C11H10ClN3S/c17-16(18,19)12-8-11(20)6-7-14(12)23-15-21-13(9-22-15)10-4-2-1-3-5-10;1-7-5-8(2)16-12(15-7)17-11-4-3-9(14)6-10(11)13;1-7-4-5-14-11(15-7)16-10-3-2-8(13)6-9(10)12/h1-9H,20H2;3-6H,14H2,1-2H3;2-6H,13H2,1H3. The Morgan fingerprint density at radius 1 is 0.589 bits per heavy atom. The normalized spacial score (nSPS) is 10.9. The summed E-state index contributed by atoms with van der Waals surface area (Å²) in [5, 5.41) is 4.47. The van der Waals surface area contributed by atoms with Crippen molar-refractivity contribution in [3.8, 4) is 11.3 Å². The van der Waals surface area contributed by atoms with Crippen LogP contribution in [0.3, 0.4) is 0 Å². The molecule has 0 aliphatic heterocycles. The van der Waals surface area contributed by atoms with Crippen LogP contribution in [0.2, 0.25) is 10.0 Å². The first-order valence-electron chi connectivity index (χ1n) is 16.4. The first kappa shape index (κ1) is 42.6. The number of hydrogen-bond acceptors (Lipinski definition) is 12. The second kappa shape index (κ2) is 19.6. The van der Waals surface area contributed by atoms with Gasteiger partial charge in [0.15, 0.2) is 14.7 Å². The van der Waals surface area contributed by atoms with Crippen LogP contribution in [0.4, 0.5) is 30.2 Å². The third-order valence-corrected chi connectivity index (χ3v) is 11.9. The number of benzene rings is 4. The highest BCUT2D eigenvalue weighted by Gasteiger charge is 2.34. The van der Waals surface area contributed by atoms with Crippen LogP contribution in [0.25, 0.3) is 11.3 Å². The number of alkyl halides is 3. The molecule has 8 nitrogen and oxygen atoms in total. The lowest BCUT2D eigenvalue weighted by atomic mass is 10.2. The molecule has 4 aromatic carbocycles. The fourth-order valence-corrected chi connectivity index (χ4v) is 8.79. The molecule has 3 heterocycles. The maximum absolute atomic E-state index is 13.1. The van der Waals surface area contributed by atoms with E-state index in [1.54, 1.807) is 18.3 Å². The van der Waals surface area contributed by atoms with E-state index in [4.69, 9.17) is 40.4 Å². The minimum absolute atomic E-state index is 0.0887. The first-order chi connectivity index (χ1) is 26.6. The van der Waals surface area contributed by atoms with E-state index in [1.165, 1.54) is 47.0 Å². The molecule has 0 saturated heterocycles. The number of nitrogens with two attached hydrogens (primary N) is 3. The van der Waals surface area contributed by atoms with Crippen LogP contribution in [0, 0.1) is 20.8 Å². The van der Waals surface area contributed by atoms with Crippen LogP contribution < -0.4 is 17.2 Å². The van der Waals surface area contributed by atoms with Crippen molar-refractivity contribution < 1.29 is 13.2 Å². The molecule has 0 saturated carbocycles. The Bertz CT molecular complexity index is 2400. The second-order valence-electron chi connectivity index (χ2n) is 11.7. The van der Waals surface area contributed by atoms with Gasteiger partial charge in [0, 0.05) is 66.0 Å². The van der Waals surface area contributed by atoms with Gasteiger partial charge in [0.25, 0.3) is 0 Å². The number of rotatable bonds is 7. The van der Waals surface area contributed by atoms with Crippen LogP contribution in [-0.4, -0.2) is 24.9 Å². The van der Waals surface area contributed by atoms with Crippen molar-refractivity contribution in [2.24, 2.45) is 0 Å². The number of aryl methyl sites for hydroxylation is 3. The monoisotopic (exact) mass is 868 g/mol. The van der Waals surface area contributed by atoms with Gasteiger partial charge in [-0.15, -0.1) is 11.3 Å². The molecule has 3 aromatic heterocycles. The van der Waals surface area contributed by atoms with Gasteiger partial charge in [0.1, 0.15) is 0 Å². The largest absolute Gasteiger partial charge is 0.417 e. The highest BCUT2D eigenvalue weighted by molar-refractivity contribution is 8.01. The molecule has 0 fully saturated rings. The van der Waals surface area contributed by atoms with Crippen molar-refractivity contribution in [2.75, 3.05) is 17.2 Å². The molecule has 0 amide bonds. The maximum Gasteiger partial charge on any atom is 0.417 e. The molecular formula is C39H33Cl2F3N8S4. The van der Waals surface area contributed by atoms with E-state index >= 15 is 0 Å². The molecule has 17 heteroatoms. The van der Waals surface area contributed by atoms with Gasteiger partial charge in [-0.25, -0.2) is 24.9 Å². The van der Waals surface area contributed by atoms with Crippen LogP contribution in [0.15, 0.2) is 138 Å². The van der Waals surface area contributed by atoms with Gasteiger partial charge in [-0.1, -0.05) is 65.3 Å². The molecule has 0 radical (unpaired) electrons. The van der Waals surface area contributed by atoms with Gasteiger partial charge < -0.3 is 17.2 Å². The summed E-state index contributed by atoms with van der Waals surface area (Å²) in [4.78, 5) is 23.5. The Morgan fingerprint density at radius 3 is 1.68 bits per heavy atom. The molecule has 0 spiro atoms. The number of aromatic nitrogens is 5. The number of hydrogen-bond donors (Lipinski definition) is 3. The quantitative estimate of drug-likeness (QED) is 0.104. The number of nitrogens with zero attached hydrogens (tertiary/aromatic N) is 5. The smallest absolute Gasteiger partial charge is 0.399 e. The van der Waals surface area contributed by atoms with Crippen molar-refractivity contribution in [1.29, 1.82) is 0 Å². The molecule has 0 bridgehead atoms. The lowest BCUT2D eigenvalue weighted by Gasteiger charge is -2.12. The third-order valence-electron chi connectivity index (χ3n) is 7.11. The second-order valence-corrected chi connectivity index (χ2v) is 16.7. The van der Waals surface area contributed by atoms with E-state index in [1.807, 2.05) is 92.9 Å². The number of thiazole rings is 1. The van der Waals surface area contributed by atoms with Crippen molar-refractivity contribution >= 4 is 86.9 Å². The summed E-state index contributed by atoms with van der Waals surface area (Å²) in [5.41, 5.74) is 21.9. The summed E-state index contributed by atoms with van der Waals surface area (Å²) in [6, 6.07) is 27.9. The summed E-state index contributed by atoms with van der Waals surface area (Å²) >= 11 is 17.3. The van der Waals surface area contributed by atoms with Gasteiger partial charge in [0.2, 0.25) is 0 Å². The zero-order chi connectivity index (χ0) is 40.4. The van der Waals surface area contributed by atoms with E-state index in [2.05, 4.69) is 24.9 Å². The Kier molecular flexibility index (Phi) is 14.9. The van der Waals surface area contributed by atoms with Gasteiger partial charge >= 0.3 is 6.18 Å². The highest BCUT2D eigenvalue weighted by atomic mass is 35.5. The molecule has 0 unspecified atom stereocenters. The number of nitrogen functional groups attached to an aromatic ring is 3. The lowest BCUT2D eigenvalue weighted by Crippen LogP contribution is -2.07. The predicted octanol–water partition coefficient (Wildman–Crippen LogP) is 12.2. The van der Waals surface area contributed by atoms with Gasteiger partial charge in [0.05, 0.1) is 21.3 Å². The fraction of sp³-hybridized carbons (Fsp3) is 0.103. The molecule has 0 aliphatic rings. The lowest BCUT2D eigenvalue weighted by molar-refractivity contribution is -0.139. The topological polar surface area (TPSA) is 143 Å². The van der Waals surface area contributed by atoms with Gasteiger partial charge in [-0.2, -0.15) is 13.2 Å². The molecule has 288 valence electrons. The summed E-state index contributed by atoms with van der Waals surface area (Å²) in [6.45, 7) is 5.82. The molecule has 56 heavy (non-hydrogen) atoms. The average Bonchev–Trinajstić information content (AvgIpc) is 3.60. The molecule has 6 N–H and O–H groups in total. The summed E-state index contributed by atoms with van der Waals surface area (Å²) in [6.07, 6.45) is -2.72. The average molecular weight is 870 g/mol. The van der Waals surface area contributed by atoms with Crippen LogP contribution >= 0.6 is 69.8 Å². The molecule has 0 aliphatic carbocycles. The summed E-state index contributed by atoms with van der Waals surface area (Å²) in [7, 11) is 0. The van der Waals surface area contributed by atoms with E-state index in [-0.39, 0.29) is 10.6 Å². The SMILES string of the molecule is Cc1cc(C)nc(Sc2ccc(N)cc2Cl)n1.Cc1ccnc(Sc2ccc(N)cc2Cl)n1.Nc1ccc(Sc2nc(-c3ccccc3)cs2)c(C(F)(F)F)c1. The van der Waals surface area contributed by atoms with E-state index < -0.39 is 11.7 Å². The van der Waals surface area contributed by atoms with Gasteiger partial charge in [-0.05, 0) is 111 Å². The Labute approximate surface area is 348 Å². The van der Waals surface area contributed by atoms with Crippen LogP contribution in [0.1, 0.15) is 22.6 Å². The zero-order valence-corrected chi connectivity index (χ0v) is 34.7. The molecule has 7 rings (SSSR count). The van der Waals surface area contributed by atoms with E-state index in [0.717, 1.165) is 56.0 Å². The molecular weight excluding hydrogens is 837 g/mol. The number of anilines is 3. The third kappa shape index (κ3) is 12.8. The Hall–Kier alpha value is -4.51. The van der Waals surface area contributed by atoms with Crippen molar-refractivity contribution in [3.05, 3.63) is 141 Å². The van der Waals surface area contributed by atoms with Gasteiger partial charge in [-0.3, -0.25) is 0 Å². The Balaban J connectivity index is 0.000000164. The van der Waals surface area contributed by atoms with Crippen molar-refractivity contribution in [2.45, 2.75) is 56.3 Å². The minimum atomic E-state index is -4.45. The Morgan fingerprint density at radius 2 is 1.12 bits per heavy atom. The fourth-order valence-electron chi connectivity index (χ4n) is 4.61. The van der Waals surface area contributed by atoms with E-state index in [0.29, 0.717) is 36.1 Å². The number of halogens is 5. The van der Waals surface area contributed by atoms with Crippen LogP contribution in [-0.2, 0) is 6.18 Å². The molecule has 0 atom stereocenters. The summed E-state index contributed by atoms with van der Waals surface area (Å²) < 4.78 is 39.9. The highest BCUT2D eigenvalue weighted by Crippen LogP contribution is 2.42. The molecule has 7 aromatic rings. The zero-order valence-electron chi connectivity index (χ0n) is 29.9. The first-order valence-corrected chi connectivity index (χ1v) is 20.4. The van der Waals surface area contributed by atoms with Crippen molar-refractivity contribution in [3.63, 3.8) is 0 Å². The van der Waals surface area contributed by atoms with Crippen molar-refractivity contribution in [1.82, 2.24) is 24.9 Å².